The van der Waals surface area contributed by atoms with Gasteiger partial charge in [0, 0.05) is 29.3 Å². The van der Waals surface area contributed by atoms with Crippen molar-refractivity contribution in [1.82, 2.24) is 10.2 Å². The van der Waals surface area contributed by atoms with Gasteiger partial charge in [0.25, 0.3) is 0 Å². The van der Waals surface area contributed by atoms with Gasteiger partial charge in [-0.15, -0.1) is 5.10 Å². The summed E-state index contributed by atoms with van der Waals surface area (Å²) < 4.78 is 5.57. The van der Waals surface area contributed by atoms with Crippen LogP contribution in [0.1, 0.15) is 28.3 Å². The minimum atomic E-state index is 0.00287. The average Bonchev–Trinajstić information content (AvgIpc) is 2.79. The summed E-state index contributed by atoms with van der Waals surface area (Å²) >= 11 is 0. The highest BCUT2D eigenvalue weighted by atomic mass is 16.5. The lowest BCUT2D eigenvalue weighted by Gasteiger charge is -2.26. The van der Waals surface area contributed by atoms with E-state index in [1.165, 1.54) is 5.56 Å². The first kappa shape index (κ1) is 12.7. The maximum atomic E-state index is 5.99. The Morgan fingerprint density at radius 2 is 1.95 bits per heavy atom. The van der Waals surface area contributed by atoms with Gasteiger partial charge in [-0.25, -0.2) is 0 Å². The summed E-state index contributed by atoms with van der Waals surface area (Å²) in [5.41, 5.74) is 17.1. The third-order valence-corrected chi connectivity index (χ3v) is 3.75. The van der Waals surface area contributed by atoms with Crippen LogP contribution in [0.25, 0.3) is 0 Å². The average molecular weight is 270 g/mol. The number of H-pyrrole nitrogens is 1. The van der Waals surface area contributed by atoms with Gasteiger partial charge in [0.15, 0.2) is 5.88 Å². The standard InChI is InChI=1S/C15H18N4O/c1-8-3-5-10(6-4-8)13-11(7-16)14(17)20-15-12(13)9(2)18-19-15/h3-6,13H,7,16-17H2,1-2H3,(H,18,19). The van der Waals surface area contributed by atoms with Gasteiger partial charge in [0.05, 0.1) is 0 Å². The molecule has 1 aromatic carbocycles. The first-order valence-electron chi connectivity index (χ1n) is 6.59. The van der Waals surface area contributed by atoms with Gasteiger partial charge < -0.3 is 16.2 Å². The van der Waals surface area contributed by atoms with E-state index >= 15 is 0 Å². The van der Waals surface area contributed by atoms with Crippen LogP contribution in [0.5, 0.6) is 5.88 Å². The number of hydrogen-bond acceptors (Lipinski definition) is 4. The van der Waals surface area contributed by atoms with Gasteiger partial charge in [0.2, 0.25) is 5.88 Å². The minimum absolute atomic E-state index is 0.00287. The van der Waals surface area contributed by atoms with E-state index in [9.17, 15) is 0 Å². The number of benzene rings is 1. The van der Waals surface area contributed by atoms with Crippen molar-refractivity contribution in [2.24, 2.45) is 11.5 Å². The second kappa shape index (κ2) is 4.68. The molecule has 1 aliphatic rings. The number of aryl methyl sites for hydroxylation is 2. The molecule has 1 aliphatic heterocycles. The zero-order valence-electron chi connectivity index (χ0n) is 11.6. The Labute approximate surface area is 117 Å². The lowest BCUT2D eigenvalue weighted by molar-refractivity contribution is 0.373. The van der Waals surface area contributed by atoms with Crippen LogP contribution in [-0.4, -0.2) is 16.7 Å². The molecule has 2 heterocycles. The van der Waals surface area contributed by atoms with E-state index in [4.69, 9.17) is 16.2 Å². The third kappa shape index (κ3) is 1.87. The second-order valence-electron chi connectivity index (χ2n) is 5.11. The van der Waals surface area contributed by atoms with Crippen molar-refractivity contribution in [1.29, 1.82) is 0 Å². The van der Waals surface area contributed by atoms with Crippen molar-refractivity contribution in [3.8, 4) is 5.88 Å². The number of aromatic amines is 1. The van der Waals surface area contributed by atoms with Gasteiger partial charge in [-0.1, -0.05) is 29.8 Å². The summed E-state index contributed by atoms with van der Waals surface area (Å²) in [6.07, 6.45) is 0. The molecule has 104 valence electrons. The number of aromatic nitrogens is 2. The fourth-order valence-corrected chi connectivity index (χ4v) is 2.66. The Kier molecular flexibility index (Phi) is 2.99. The molecular weight excluding hydrogens is 252 g/mol. The number of fused-ring (bicyclic) bond motifs is 1. The summed E-state index contributed by atoms with van der Waals surface area (Å²) in [6, 6.07) is 8.38. The lowest BCUT2D eigenvalue weighted by Crippen LogP contribution is -2.26. The van der Waals surface area contributed by atoms with Crippen LogP contribution in [0.2, 0.25) is 0 Å². The molecular formula is C15H18N4O. The predicted molar refractivity (Wildman–Crippen MR) is 77.2 cm³/mol. The summed E-state index contributed by atoms with van der Waals surface area (Å²) in [4.78, 5) is 0. The van der Waals surface area contributed by atoms with Gasteiger partial charge in [-0.05, 0) is 19.4 Å². The maximum Gasteiger partial charge on any atom is 0.244 e. The summed E-state index contributed by atoms with van der Waals surface area (Å²) in [7, 11) is 0. The van der Waals surface area contributed by atoms with Crippen LogP contribution < -0.4 is 16.2 Å². The van der Waals surface area contributed by atoms with Crippen LogP contribution in [-0.2, 0) is 0 Å². The highest BCUT2D eigenvalue weighted by Gasteiger charge is 2.32. The first-order chi connectivity index (χ1) is 9.61. The van der Waals surface area contributed by atoms with E-state index in [1.54, 1.807) is 0 Å². The van der Waals surface area contributed by atoms with Crippen LogP contribution in [0, 0.1) is 13.8 Å². The van der Waals surface area contributed by atoms with Crippen molar-refractivity contribution in [3.63, 3.8) is 0 Å². The number of ether oxygens (including phenoxy) is 1. The quantitative estimate of drug-likeness (QED) is 0.774. The number of hydrogen-bond donors (Lipinski definition) is 3. The fraction of sp³-hybridized carbons (Fsp3) is 0.267. The number of nitrogens with one attached hydrogen (secondary N) is 1. The molecule has 0 aliphatic carbocycles. The number of nitrogens with two attached hydrogens (primary N) is 2. The van der Waals surface area contributed by atoms with Gasteiger partial charge >= 0.3 is 0 Å². The molecule has 1 unspecified atom stereocenters. The van der Waals surface area contributed by atoms with Gasteiger partial charge in [0.1, 0.15) is 0 Å². The van der Waals surface area contributed by atoms with E-state index in [2.05, 4.69) is 41.4 Å². The van der Waals surface area contributed by atoms with E-state index in [0.717, 1.165) is 22.4 Å². The summed E-state index contributed by atoms with van der Waals surface area (Å²) in [5, 5.41) is 7.12. The molecule has 20 heavy (non-hydrogen) atoms. The Morgan fingerprint density at radius 3 is 2.60 bits per heavy atom. The minimum Gasteiger partial charge on any atom is -0.421 e. The molecule has 0 fully saturated rings. The molecule has 2 aromatic rings. The highest BCUT2D eigenvalue weighted by Crippen LogP contribution is 2.42. The number of nitrogens with zero attached hydrogens (tertiary/aromatic N) is 1. The molecule has 0 amide bonds. The van der Waals surface area contributed by atoms with Crippen molar-refractivity contribution < 1.29 is 4.74 Å². The fourth-order valence-electron chi connectivity index (χ4n) is 2.66. The molecule has 1 aromatic heterocycles. The summed E-state index contributed by atoms with van der Waals surface area (Å²) in [5.74, 6) is 0.906. The van der Waals surface area contributed by atoms with E-state index < -0.39 is 0 Å². The van der Waals surface area contributed by atoms with Gasteiger partial charge in [-0.3, -0.25) is 5.10 Å². The zero-order valence-corrected chi connectivity index (χ0v) is 11.6. The topological polar surface area (TPSA) is 89.9 Å². The Hall–Kier alpha value is -2.27. The van der Waals surface area contributed by atoms with Crippen molar-refractivity contribution >= 4 is 0 Å². The third-order valence-electron chi connectivity index (χ3n) is 3.75. The molecule has 5 heteroatoms. The molecule has 0 saturated carbocycles. The van der Waals surface area contributed by atoms with Crippen LogP contribution in [0.3, 0.4) is 0 Å². The molecule has 0 spiro atoms. The Balaban J connectivity index is 2.19. The molecule has 3 rings (SSSR count). The smallest absolute Gasteiger partial charge is 0.244 e. The molecule has 0 saturated heterocycles. The van der Waals surface area contributed by atoms with Crippen LogP contribution >= 0.6 is 0 Å². The molecule has 5 nitrogen and oxygen atoms in total. The van der Waals surface area contributed by atoms with Crippen molar-refractivity contribution in [2.75, 3.05) is 6.54 Å². The summed E-state index contributed by atoms with van der Waals surface area (Å²) in [6.45, 7) is 4.40. The maximum absolute atomic E-state index is 5.99. The molecule has 0 bridgehead atoms. The van der Waals surface area contributed by atoms with Gasteiger partial charge in [-0.2, -0.15) is 0 Å². The van der Waals surface area contributed by atoms with E-state index in [0.29, 0.717) is 18.3 Å². The SMILES string of the molecule is Cc1ccc(C2C(CN)=C(N)Oc3n[nH]c(C)c32)cc1. The Bertz CT molecular complexity index is 670. The van der Waals surface area contributed by atoms with Crippen molar-refractivity contribution in [2.45, 2.75) is 19.8 Å². The largest absolute Gasteiger partial charge is 0.421 e. The highest BCUT2D eigenvalue weighted by molar-refractivity contribution is 5.51. The number of rotatable bonds is 2. The van der Waals surface area contributed by atoms with Crippen LogP contribution in [0.4, 0.5) is 0 Å². The van der Waals surface area contributed by atoms with Crippen molar-refractivity contribution in [3.05, 3.63) is 58.1 Å². The lowest BCUT2D eigenvalue weighted by atomic mass is 9.83. The second-order valence-corrected chi connectivity index (χ2v) is 5.11. The van der Waals surface area contributed by atoms with E-state index in [1.807, 2.05) is 6.92 Å². The normalized spacial score (nSPS) is 17.9. The molecule has 0 radical (unpaired) electrons. The zero-order chi connectivity index (χ0) is 14.3. The monoisotopic (exact) mass is 270 g/mol. The van der Waals surface area contributed by atoms with Crippen LogP contribution in [0.15, 0.2) is 35.7 Å². The molecule has 1 atom stereocenters. The predicted octanol–water partition coefficient (Wildman–Crippen LogP) is 1.68. The van der Waals surface area contributed by atoms with E-state index in [-0.39, 0.29) is 5.92 Å². The first-order valence-corrected chi connectivity index (χ1v) is 6.59. The molecule has 5 N–H and O–H groups in total. The Morgan fingerprint density at radius 1 is 1.25 bits per heavy atom.